The van der Waals surface area contributed by atoms with Crippen molar-refractivity contribution >= 4 is 12.0 Å². The molecular formula is C15H26N4O3. The number of methoxy groups -OCH3 is 1. The average molecular weight is 310 g/mol. The lowest BCUT2D eigenvalue weighted by Gasteiger charge is -2.28. The van der Waals surface area contributed by atoms with E-state index in [4.69, 9.17) is 4.74 Å². The highest BCUT2D eigenvalue weighted by Crippen LogP contribution is 2.29. The minimum Gasteiger partial charge on any atom is -0.468 e. The zero-order chi connectivity index (χ0) is 15.9. The Morgan fingerprint density at radius 3 is 2.68 bits per heavy atom. The van der Waals surface area contributed by atoms with Crippen LogP contribution < -0.4 is 5.32 Å². The summed E-state index contributed by atoms with van der Waals surface area (Å²) in [4.78, 5) is 30.8. The van der Waals surface area contributed by atoms with E-state index in [9.17, 15) is 9.59 Å². The highest BCUT2D eigenvalue weighted by molar-refractivity contribution is 5.79. The topological polar surface area (TPSA) is 65.1 Å². The van der Waals surface area contributed by atoms with E-state index >= 15 is 0 Å². The number of hydrogen-bond donors (Lipinski definition) is 1. The maximum Gasteiger partial charge on any atom is 0.323 e. The Balaban J connectivity index is 1.73. The van der Waals surface area contributed by atoms with Crippen LogP contribution in [-0.4, -0.2) is 90.7 Å². The third-order valence-electron chi connectivity index (χ3n) is 5.14. The van der Waals surface area contributed by atoms with Crippen molar-refractivity contribution in [3.05, 3.63) is 0 Å². The minimum atomic E-state index is -0.237. The first-order chi connectivity index (χ1) is 10.5. The Bertz CT molecular complexity index is 456. The zero-order valence-corrected chi connectivity index (χ0v) is 13.6. The molecule has 0 saturated carbocycles. The maximum absolute atomic E-state index is 12.6. The van der Waals surface area contributed by atoms with E-state index in [1.54, 1.807) is 0 Å². The molecule has 3 atom stereocenters. The number of esters is 1. The molecule has 124 valence electrons. The van der Waals surface area contributed by atoms with Crippen LogP contribution in [0.2, 0.25) is 0 Å². The molecule has 0 aliphatic carbocycles. The maximum atomic E-state index is 12.6. The van der Waals surface area contributed by atoms with Gasteiger partial charge in [0.25, 0.3) is 0 Å². The van der Waals surface area contributed by atoms with Crippen molar-refractivity contribution in [3.8, 4) is 0 Å². The largest absolute Gasteiger partial charge is 0.468 e. The van der Waals surface area contributed by atoms with Gasteiger partial charge in [-0.2, -0.15) is 0 Å². The Hall–Kier alpha value is -1.34. The fourth-order valence-corrected chi connectivity index (χ4v) is 3.95. The van der Waals surface area contributed by atoms with Crippen molar-refractivity contribution in [3.63, 3.8) is 0 Å². The lowest BCUT2D eigenvalue weighted by atomic mass is 10.1. The van der Waals surface area contributed by atoms with Gasteiger partial charge in [0.15, 0.2) is 0 Å². The number of piperazine rings is 1. The molecule has 0 radical (unpaired) electrons. The first kappa shape index (κ1) is 15.6. The Labute approximate surface area is 131 Å². The molecule has 3 aliphatic heterocycles. The number of ether oxygens (including phenoxy) is 1. The van der Waals surface area contributed by atoms with Gasteiger partial charge in [-0.25, -0.2) is 4.79 Å². The number of rotatable bonds is 3. The van der Waals surface area contributed by atoms with Gasteiger partial charge in [0.2, 0.25) is 0 Å². The molecule has 0 aromatic heterocycles. The molecule has 1 N–H and O–H groups in total. The molecule has 3 fully saturated rings. The van der Waals surface area contributed by atoms with E-state index < -0.39 is 0 Å². The smallest absolute Gasteiger partial charge is 0.323 e. The van der Waals surface area contributed by atoms with Crippen LogP contribution >= 0.6 is 0 Å². The van der Waals surface area contributed by atoms with Crippen LogP contribution in [0.25, 0.3) is 0 Å². The van der Waals surface area contributed by atoms with Crippen LogP contribution in [0.15, 0.2) is 0 Å². The summed E-state index contributed by atoms with van der Waals surface area (Å²) in [5.41, 5.74) is 0. The van der Waals surface area contributed by atoms with Crippen LogP contribution in [0.1, 0.15) is 20.3 Å². The summed E-state index contributed by atoms with van der Waals surface area (Å²) in [6.45, 7) is 8.18. The van der Waals surface area contributed by atoms with Crippen LogP contribution in [0.4, 0.5) is 4.79 Å². The predicted molar refractivity (Wildman–Crippen MR) is 81.5 cm³/mol. The highest BCUT2D eigenvalue weighted by atomic mass is 16.5. The van der Waals surface area contributed by atoms with Crippen molar-refractivity contribution in [2.24, 2.45) is 0 Å². The van der Waals surface area contributed by atoms with Crippen molar-refractivity contribution in [1.29, 1.82) is 0 Å². The van der Waals surface area contributed by atoms with E-state index in [0.717, 1.165) is 32.7 Å². The third kappa shape index (κ3) is 2.56. The van der Waals surface area contributed by atoms with Crippen LogP contribution in [0.5, 0.6) is 0 Å². The predicted octanol–water partition coefficient (Wildman–Crippen LogP) is -0.280. The SMILES string of the molecule is COC(=O)[C@@H]1C[C@@H](N2C[C@@H]3CNCCN3C2=O)CN1C(C)C. The summed E-state index contributed by atoms with van der Waals surface area (Å²) < 4.78 is 4.94. The van der Waals surface area contributed by atoms with Gasteiger partial charge in [-0.3, -0.25) is 9.69 Å². The van der Waals surface area contributed by atoms with Crippen molar-refractivity contribution in [2.45, 2.75) is 44.4 Å². The van der Waals surface area contributed by atoms with Crippen LogP contribution in [-0.2, 0) is 9.53 Å². The summed E-state index contributed by atoms with van der Waals surface area (Å²) in [6.07, 6.45) is 0.671. The first-order valence-electron chi connectivity index (χ1n) is 8.14. The highest BCUT2D eigenvalue weighted by Gasteiger charge is 2.47. The molecule has 0 aromatic carbocycles. The number of carbonyl (C=O) groups is 2. The van der Waals surface area contributed by atoms with Gasteiger partial charge >= 0.3 is 12.0 Å². The number of urea groups is 1. The second kappa shape index (κ2) is 6.04. The summed E-state index contributed by atoms with van der Waals surface area (Å²) >= 11 is 0. The van der Waals surface area contributed by atoms with E-state index in [2.05, 4.69) is 24.1 Å². The van der Waals surface area contributed by atoms with E-state index in [1.807, 2.05) is 9.80 Å². The molecule has 3 heterocycles. The quantitative estimate of drug-likeness (QED) is 0.727. The third-order valence-corrected chi connectivity index (χ3v) is 5.14. The Morgan fingerprint density at radius 2 is 2.05 bits per heavy atom. The molecule has 0 bridgehead atoms. The van der Waals surface area contributed by atoms with E-state index in [0.29, 0.717) is 6.42 Å². The average Bonchev–Trinajstić information content (AvgIpc) is 3.09. The zero-order valence-electron chi connectivity index (χ0n) is 13.6. The number of hydrogen-bond acceptors (Lipinski definition) is 5. The minimum absolute atomic E-state index is 0.101. The van der Waals surface area contributed by atoms with Gasteiger partial charge in [0.1, 0.15) is 6.04 Å². The van der Waals surface area contributed by atoms with E-state index in [-0.39, 0.29) is 36.2 Å². The number of nitrogens with one attached hydrogen (secondary N) is 1. The van der Waals surface area contributed by atoms with Gasteiger partial charge in [-0.15, -0.1) is 0 Å². The molecule has 0 unspecified atom stereocenters. The van der Waals surface area contributed by atoms with Gasteiger partial charge < -0.3 is 19.9 Å². The molecule has 3 saturated heterocycles. The second-order valence-electron chi connectivity index (χ2n) is 6.71. The van der Waals surface area contributed by atoms with Crippen molar-refractivity contribution in [1.82, 2.24) is 20.0 Å². The van der Waals surface area contributed by atoms with Crippen molar-refractivity contribution < 1.29 is 14.3 Å². The monoisotopic (exact) mass is 310 g/mol. The first-order valence-corrected chi connectivity index (χ1v) is 8.14. The summed E-state index contributed by atoms with van der Waals surface area (Å²) in [7, 11) is 1.43. The van der Waals surface area contributed by atoms with Gasteiger partial charge in [0.05, 0.1) is 13.2 Å². The fraction of sp³-hybridized carbons (Fsp3) is 0.867. The molecule has 2 amide bonds. The summed E-state index contributed by atoms with van der Waals surface area (Å²) in [5.74, 6) is -0.192. The number of amides is 2. The number of fused-ring (bicyclic) bond motifs is 1. The normalized spacial score (nSPS) is 32.7. The molecule has 7 heteroatoms. The number of likely N-dealkylation sites (tertiary alicyclic amines) is 1. The van der Waals surface area contributed by atoms with Gasteiger partial charge in [0, 0.05) is 44.8 Å². The molecule has 3 rings (SSSR count). The standard InChI is InChI=1S/C15H26N4O3/c1-10(2)18-8-11(6-13(18)14(20)22-3)19-9-12-7-16-4-5-17(12)15(19)21/h10-13,16H,4-9H2,1-3H3/t11-,12+,13+/m1/s1. The molecule has 22 heavy (non-hydrogen) atoms. The summed E-state index contributed by atoms with van der Waals surface area (Å²) in [5, 5.41) is 3.35. The molecule has 7 nitrogen and oxygen atoms in total. The second-order valence-corrected chi connectivity index (χ2v) is 6.71. The summed E-state index contributed by atoms with van der Waals surface area (Å²) in [6, 6.07) is 0.524. The van der Waals surface area contributed by atoms with Gasteiger partial charge in [-0.05, 0) is 20.3 Å². The molecule has 0 aromatic rings. The fourth-order valence-electron chi connectivity index (χ4n) is 3.95. The van der Waals surface area contributed by atoms with Crippen LogP contribution in [0, 0.1) is 0 Å². The lowest BCUT2D eigenvalue weighted by Crippen LogP contribution is -2.50. The Morgan fingerprint density at radius 1 is 1.27 bits per heavy atom. The number of nitrogens with zero attached hydrogens (tertiary/aromatic N) is 3. The van der Waals surface area contributed by atoms with Crippen LogP contribution in [0.3, 0.4) is 0 Å². The molecule has 0 spiro atoms. The van der Waals surface area contributed by atoms with Gasteiger partial charge in [-0.1, -0.05) is 0 Å². The van der Waals surface area contributed by atoms with Crippen molar-refractivity contribution in [2.75, 3.05) is 39.8 Å². The van der Waals surface area contributed by atoms with E-state index in [1.165, 1.54) is 7.11 Å². The lowest BCUT2D eigenvalue weighted by molar-refractivity contribution is -0.146. The number of carbonyl (C=O) groups excluding carboxylic acids is 2. The molecule has 3 aliphatic rings. The Kier molecular flexibility index (Phi) is 4.27. The molecular weight excluding hydrogens is 284 g/mol.